The third kappa shape index (κ3) is 2.81. The average molecular weight is 185 g/mol. The van der Waals surface area contributed by atoms with Gasteiger partial charge in [0.1, 0.15) is 0 Å². The molecule has 1 aromatic heterocycles. The minimum Gasteiger partial charge on any atom is -0.310 e. The SMILES string of the molecule is Cc1[nH]ncc1C(C)NCCCF. The van der Waals surface area contributed by atoms with Crippen molar-refractivity contribution in [3.8, 4) is 0 Å². The number of halogens is 1. The predicted octanol–water partition coefficient (Wildman–Crippen LogP) is 1.73. The summed E-state index contributed by atoms with van der Waals surface area (Å²) in [5, 5.41) is 10.0. The van der Waals surface area contributed by atoms with Gasteiger partial charge in [0, 0.05) is 17.3 Å². The van der Waals surface area contributed by atoms with Crippen molar-refractivity contribution in [3.63, 3.8) is 0 Å². The van der Waals surface area contributed by atoms with Gasteiger partial charge in [-0.05, 0) is 26.8 Å². The van der Waals surface area contributed by atoms with Gasteiger partial charge in [-0.3, -0.25) is 9.49 Å². The molecule has 1 rings (SSSR count). The summed E-state index contributed by atoms with van der Waals surface area (Å²) in [6, 6.07) is 0.241. The zero-order valence-electron chi connectivity index (χ0n) is 8.10. The molecule has 0 aromatic carbocycles. The van der Waals surface area contributed by atoms with E-state index in [1.54, 1.807) is 0 Å². The van der Waals surface area contributed by atoms with Gasteiger partial charge in [0.2, 0.25) is 0 Å². The second kappa shape index (κ2) is 4.97. The Hall–Kier alpha value is -0.900. The lowest BCUT2D eigenvalue weighted by atomic mass is 10.1. The van der Waals surface area contributed by atoms with Gasteiger partial charge in [-0.15, -0.1) is 0 Å². The quantitative estimate of drug-likeness (QED) is 0.686. The summed E-state index contributed by atoms with van der Waals surface area (Å²) in [5.41, 5.74) is 2.22. The molecule has 0 aliphatic rings. The second-order valence-corrected chi connectivity index (χ2v) is 3.17. The van der Waals surface area contributed by atoms with Crippen molar-refractivity contribution in [2.45, 2.75) is 26.3 Å². The number of H-pyrrole nitrogens is 1. The molecule has 4 heteroatoms. The molecule has 2 N–H and O–H groups in total. The first-order valence-corrected chi connectivity index (χ1v) is 4.55. The Morgan fingerprint density at radius 3 is 3.00 bits per heavy atom. The molecule has 0 bridgehead atoms. The Bertz CT molecular complexity index is 247. The monoisotopic (exact) mass is 185 g/mol. The van der Waals surface area contributed by atoms with E-state index in [-0.39, 0.29) is 12.7 Å². The number of nitrogens with one attached hydrogen (secondary N) is 2. The number of rotatable bonds is 5. The molecule has 1 aromatic rings. The summed E-state index contributed by atoms with van der Waals surface area (Å²) in [7, 11) is 0. The van der Waals surface area contributed by atoms with Crippen LogP contribution in [0.2, 0.25) is 0 Å². The van der Waals surface area contributed by atoms with Crippen LogP contribution in [0.4, 0.5) is 4.39 Å². The molecule has 0 fully saturated rings. The highest BCUT2D eigenvalue weighted by Crippen LogP contribution is 2.13. The molecular formula is C9H16FN3. The van der Waals surface area contributed by atoms with Crippen LogP contribution in [0.3, 0.4) is 0 Å². The van der Waals surface area contributed by atoms with Gasteiger partial charge in [0.25, 0.3) is 0 Å². The number of aryl methyl sites for hydroxylation is 1. The summed E-state index contributed by atoms with van der Waals surface area (Å²) >= 11 is 0. The third-order valence-electron chi connectivity index (χ3n) is 2.10. The van der Waals surface area contributed by atoms with Gasteiger partial charge >= 0.3 is 0 Å². The van der Waals surface area contributed by atoms with Gasteiger partial charge in [-0.2, -0.15) is 5.10 Å². The number of alkyl halides is 1. The van der Waals surface area contributed by atoms with Crippen LogP contribution in [0.25, 0.3) is 0 Å². The first kappa shape index (κ1) is 10.2. The Morgan fingerprint density at radius 2 is 2.46 bits per heavy atom. The fraction of sp³-hybridized carbons (Fsp3) is 0.667. The third-order valence-corrected chi connectivity index (χ3v) is 2.10. The molecule has 0 aliphatic carbocycles. The smallest absolute Gasteiger partial charge is 0.0906 e. The van der Waals surface area contributed by atoms with Gasteiger partial charge in [0.15, 0.2) is 0 Å². The molecule has 13 heavy (non-hydrogen) atoms. The van der Waals surface area contributed by atoms with E-state index < -0.39 is 0 Å². The maximum atomic E-state index is 11.8. The van der Waals surface area contributed by atoms with Crippen molar-refractivity contribution in [3.05, 3.63) is 17.5 Å². The van der Waals surface area contributed by atoms with Gasteiger partial charge in [0.05, 0.1) is 12.9 Å². The molecule has 1 atom stereocenters. The van der Waals surface area contributed by atoms with Gasteiger partial charge < -0.3 is 5.32 Å². The van der Waals surface area contributed by atoms with Crippen molar-refractivity contribution >= 4 is 0 Å². The van der Waals surface area contributed by atoms with E-state index in [0.717, 1.165) is 11.3 Å². The molecule has 0 amide bonds. The summed E-state index contributed by atoms with van der Waals surface area (Å²) in [5.74, 6) is 0. The molecule has 0 aliphatic heterocycles. The van der Waals surface area contributed by atoms with E-state index in [2.05, 4.69) is 22.4 Å². The van der Waals surface area contributed by atoms with E-state index in [9.17, 15) is 4.39 Å². The molecule has 0 saturated heterocycles. The van der Waals surface area contributed by atoms with Crippen LogP contribution in [-0.2, 0) is 0 Å². The highest BCUT2D eigenvalue weighted by Gasteiger charge is 2.08. The van der Waals surface area contributed by atoms with Crippen molar-refractivity contribution in [1.29, 1.82) is 0 Å². The van der Waals surface area contributed by atoms with Gasteiger partial charge in [-0.1, -0.05) is 0 Å². The van der Waals surface area contributed by atoms with Gasteiger partial charge in [-0.25, -0.2) is 0 Å². The molecule has 1 unspecified atom stereocenters. The Morgan fingerprint density at radius 1 is 1.69 bits per heavy atom. The number of aromatic amines is 1. The van der Waals surface area contributed by atoms with Crippen molar-refractivity contribution in [2.24, 2.45) is 0 Å². The fourth-order valence-corrected chi connectivity index (χ4v) is 1.29. The van der Waals surface area contributed by atoms with E-state index >= 15 is 0 Å². The lowest BCUT2D eigenvalue weighted by molar-refractivity contribution is 0.445. The van der Waals surface area contributed by atoms with Crippen molar-refractivity contribution < 1.29 is 4.39 Å². The lowest BCUT2D eigenvalue weighted by Crippen LogP contribution is -2.20. The lowest BCUT2D eigenvalue weighted by Gasteiger charge is -2.11. The number of nitrogens with zero attached hydrogens (tertiary/aromatic N) is 1. The van der Waals surface area contributed by atoms with Crippen LogP contribution >= 0.6 is 0 Å². The molecule has 74 valence electrons. The summed E-state index contributed by atoms with van der Waals surface area (Å²) in [6.07, 6.45) is 2.38. The molecule has 0 radical (unpaired) electrons. The normalized spacial score (nSPS) is 13.2. The second-order valence-electron chi connectivity index (χ2n) is 3.17. The van der Waals surface area contributed by atoms with E-state index in [4.69, 9.17) is 0 Å². The Labute approximate surface area is 77.7 Å². The van der Waals surface area contributed by atoms with Crippen LogP contribution in [0.5, 0.6) is 0 Å². The summed E-state index contributed by atoms with van der Waals surface area (Å²) in [4.78, 5) is 0. The van der Waals surface area contributed by atoms with Crippen LogP contribution < -0.4 is 5.32 Å². The molecular weight excluding hydrogens is 169 g/mol. The number of hydrogen-bond donors (Lipinski definition) is 2. The van der Waals surface area contributed by atoms with Crippen molar-refractivity contribution in [1.82, 2.24) is 15.5 Å². The average Bonchev–Trinajstić information content (AvgIpc) is 2.52. The summed E-state index contributed by atoms with van der Waals surface area (Å²) < 4.78 is 11.8. The fourth-order valence-electron chi connectivity index (χ4n) is 1.29. The minimum atomic E-state index is -0.260. The first-order valence-electron chi connectivity index (χ1n) is 4.55. The van der Waals surface area contributed by atoms with Crippen molar-refractivity contribution in [2.75, 3.05) is 13.2 Å². The molecule has 0 saturated carbocycles. The van der Waals surface area contributed by atoms with E-state index in [0.29, 0.717) is 13.0 Å². The number of aromatic nitrogens is 2. The predicted molar refractivity (Wildman–Crippen MR) is 50.3 cm³/mol. The van der Waals surface area contributed by atoms with E-state index in [1.165, 1.54) is 0 Å². The summed E-state index contributed by atoms with van der Waals surface area (Å²) in [6.45, 7) is 4.48. The molecule has 0 spiro atoms. The highest BCUT2D eigenvalue weighted by molar-refractivity contribution is 5.18. The zero-order chi connectivity index (χ0) is 9.68. The number of hydrogen-bond acceptors (Lipinski definition) is 2. The largest absolute Gasteiger partial charge is 0.310 e. The van der Waals surface area contributed by atoms with E-state index in [1.807, 2.05) is 13.1 Å². The maximum Gasteiger partial charge on any atom is 0.0906 e. The topological polar surface area (TPSA) is 40.7 Å². The Kier molecular flexibility index (Phi) is 3.89. The molecule has 3 nitrogen and oxygen atoms in total. The Balaban J connectivity index is 2.39. The minimum absolute atomic E-state index is 0.241. The molecule has 1 heterocycles. The van der Waals surface area contributed by atoms with Crippen LogP contribution in [-0.4, -0.2) is 23.4 Å². The van der Waals surface area contributed by atoms with Crippen LogP contribution in [0.15, 0.2) is 6.20 Å². The first-order chi connectivity index (χ1) is 6.25. The standard InChI is InChI=1S/C9H16FN3/c1-7(11-5-3-4-10)9-6-12-13-8(9)2/h6-7,11H,3-5H2,1-2H3,(H,12,13). The zero-order valence-corrected chi connectivity index (χ0v) is 8.10. The maximum absolute atomic E-state index is 11.8. The van der Waals surface area contributed by atoms with Crippen LogP contribution in [0, 0.1) is 6.92 Å². The highest BCUT2D eigenvalue weighted by atomic mass is 19.1. The van der Waals surface area contributed by atoms with Crippen LogP contribution in [0.1, 0.15) is 30.6 Å².